The summed E-state index contributed by atoms with van der Waals surface area (Å²) in [6.45, 7) is 9.25. The van der Waals surface area contributed by atoms with E-state index in [4.69, 9.17) is 4.74 Å². The normalized spacial score (nSPS) is 10.3. The van der Waals surface area contributed by atoms with E-state index in [9.17, 15) is 4.79 Å². The van der Waals surface area contributed by atoms with Crippen molar-refractivity contribution in [3.8, 4) is 0 Å². The third kappa shape index (κ3) is 7.95. The molecule has 19 heavy (non-hydrogen) atoms. The van der Waals surface area contributed by atoms with E-state index in [0.717, 1.165) is 5.69 Å². The number of hydrogen-bond donors (Lipinski definition) is 0. The summed E-state index contributed by atoms with van der Waals surface area (Å²) >= 11 is 1.48. The van der Waals surface area contributed by atoms with Crippen LogP contribution in [0.3, 0.4) is 0 Å². The van der Waals surface area contributed by atoms with Crippen LogP contribution < -0.4 is 0 Å². The van der Waals surface area contributed by atoms with Crippen LogP contribution in [0, 0.1) is 0 Å². The van der Waals surface area contributed by atoms with Gasteiger partial charge in [0.1, 0.15) is 6.61 Å². The monoisotopic (exact) mass is 286 g/mol. The molecule has 0 saturated heterocycles. The van der Waals surface area contributed by atoms with Gasteiger partial charge >= 0.3 is 5.97 Å². The van der Waals surface area contributed by atoms with Crippen LogP contribution in [0.15, 0.2) is 6.07 Å². The lowest BCUT2D eigenvalue weighted by Crippen LogP contribution is -2.17. The minimum absolute atomic E-state index is 0.169. The third-order valence-electron chi connectivity index (χ3n) is 2.29. The lowest BCUT2D eigenvalue weighted by molar-refractivity contribution is -0.145. The fourth-order valence-electron chi connectivity index (χ4n) is 1.21. The SMILES string of the molecule is CC.CC(C)c1cc(COC(=O)CCN(C)C)ns1. The number of aromatic nitrogens is 1. The first kappa shape index (κ1) is 18.1. The summed E-state index contributed by atoms with van der Waals surface area (Å²) in [5.74, 6) is 0.309. The number of nitrogens with zero attached hydrogens (tertiary/aromatic N) is 2. The molecule has 0 amide bonds. The zero-order chi connectivity index (χ0) is 14.8. The zero-order valence-corrected chi connectivity index (χ0v) is 13.7. The molecule has 0 unspecified atom stereocenters. The molecule has 0 spiro atoms. The maximum absolute atomic E-state index is 11.4. The molecular weight excluding hydrogens is 260 g/mol. The first-order chi connectivity index (χ1) is 8.99. The number of hydrogen-bond acceptors (Lipinski definition) is 5. The van der Waals surface area contributed by atoms with E-state index in [0.29, 0.717) is 18.9 Å². The molecule has 1 aromatic heterocycles. The van der Waals surface area contributed by atoms with E-state index >= 15 is 0 Å². The predicted octanol–water partition coefficient (Wildman–Crippen LogP) is 3.29. The Labute approximate surface area is 120 Å². The molecule has 0 atom stereocenters. The van der Waals surface area contributed by atoms with Crippen molar-refractivity contribution < 1.29 is 9.53 Å². The van der Waals surface area contributed by atoms with Gasteiger partial charge in [-0.05, 0) is 37.6 Å². The van der Waals surface area contributed by atoms with Gasteiger partial charge in [-0.15, -0.1) is 0 Å². The average Bonchev–Trinajstić information content (AvgIpc) is 2.85. The molecule has 1 rings (SSSR count). The third-order valence-corrected chi connectivity index (χ3v) is 3.42. The summed E-state index contributed by atoms with van der Waals surface area (Å²) in [5.41, 5.74) is 0.844. The minimum atomic E-state index is -0.169. The van der Waals surface area contributed by atoms with E-state index in [2.05, 4.69) is 18.2 Å². The van der Waals surface area contributed by atoms with Gasteiger partial charge in [-0.2, -0.15) is 4.37 Å². The molecule has 0 aliphatic heterocycles. The Kier molecular flexibility index (Phi) is 9.43. The van der Waals surface area contributed by atoms with Crippen LogP contribution in [0.2, 0.25) is 0 Å². The molecule has 0 saturated carbocycles. The number of rotatable bonds is 6. The Hall–Kier alpha value is -0.940. The van der Waals surface area contributed by atoms with E-state index in [1.165, 1.54) is 16.4 Å². The van der Waals surface area contributed by atoms with Gasteiger partial charge in [0.05, 0.1) is 12.1 Å². The summed E-state index contributed by atoms with van der Waals surface area (Å²) in [6.07, 6.45) is 0.425. The minimum Gasteiger partial charge on any atom is -0.459 e. The summed E-state index contributed by atoms with van der Waals surface area (Å²) < 4.78 is 9.41. The number of esters is 1. The average molecular weight is 286 g/mol. The highest BCUT2D eigenvalue weighted by molar-refractivity contribution is 7.05. The van der Waals surface area contributed by atoms with Gasteiger partial charge in [-0.3, -0.25) is 4.79 Å². The van der Waals surface area contributed by atoms with Gasteiger partial charge in [-0.25, -0.2) is 0 Å². The molecule has 0 aromatic carbocycles. The van der Waals surface area contributed by atoms with Crippen molar-refractivity contribution in [1.29, 1.82) is 0 Å². The molecule has 1 aromatic rings. The molecule has 5 heteroatoms. The highest BCUT2D eigenvalue weighted by Gasteiger charge is 2.08. The maximum atomic E-state index is 11.4. The molecule has 0 aliphatic rings. The first-order valence-corrected chi connectivity index (χ1v) is 7.52. The van der Waals surface area contributed by atoms with Crippen molar-refractivity contribution in [2.45, 2.75) is 46.6 Å². The van der Waals surface area contributed by atoms with Crippen molar-refractivity contribution in [1.82, 2.24) is 9.27 Å². The Morgan fingerprint density at radius 1 is 1.42 bits per heavy atom. The predicted molar refractivity (Wildman–Crippen MR) is 80.5 cm³/mol. The summed E-state index contributed by atoms with van der Waals surface area (Å²) in [4.78, 5) is 14.6. The highest BCUT2D eigenvalue weighted by atomic mass is 32.1. The number of ether oxygens (including phenoxy) is 1. The van der Waals surface area contributed by atoms with Crippen LogP contribution in [-0.2, 0) is 16.1 Å². The number of carbonyl (C=O) groups is 1. The second kappa shape index (κ2) is 9.92. The van der Waals surface area contributed by atoms with Gasteiger partial charge in [0.15, 0.2) is 0 Å². The van der Waals surface area contributed by atoms with Crippen LogP contribution in [0.1, 0.15) is 50.6 Å². The maximum Gasteiger partial charge on any atom is 0.307 e. The van der Waals surface area contributed by atoms with Crippen LogP contribution in [0.4, 0.5) is 0 Å². The van der Waals surface area contributed by atoms with Crippen LogP contribution in [0.25, 0.3) is 0 Å². The van der Waals surface area contributed by atoms with E-state index in [1.54, 1.807) is 0 Å². The zero-order valence-electron chi connectivity index (χ0n) is 12.9. The molecule has 4 nitrogen and oxygen atoms in total. The second-order valence-corrected chi connectivity index (χ2v) is 5.43. The molecule has 0 N–H and O–H groups in total. The Balaban J connectivity index is 0.00000154. The van der Waals surface area contributed by atoms with Gasteiger partial charge < -0.3 is 9.64 Å². The Morgan fingerprint density at radius 2 is 2.05 bits per heavy atom. The molecule has 110 valence electrons. The van der Waals surface area contributed by atoms with E-state index in [1.807, 2.05) is 38.9 Å². The molecule has 0 aliphatic carbocycles. The van der Waals surface area contributed by atoms with Gasteiger partial charge in [0.2, 0.25) is 0 Å². The molecule has 0 fully saturated rings. The lowest BCUT2D eigenvalue weighted by atomic mass is 10.2. The summed E-state index contributed by atoms with van der Waals surface area (Å²) in [5, 5.41) is 0. The van der Waals surface area contributed by atoms with Gasteiger partial charge in [0, 0.05) is 11.4 Å². The van der Waals surface area contributed by atoms with Crippen molar-refractivity contribution >= 4 is 17.5 Å². The topological polar surface area (TPSA) is 42.4 Å². The highest BCUT2D eigenvalue weighted by Crippen LogP contribution is 2.20. The largest absolute Gasteiger partial charge is 0.459 e. The second-order valence-electron chi connectivity index (χ2n) is 4.59. The quantitative estimate of drug-likeness (QED) is 0.753. The molecule has 1 heterocycles. The fraction of sp³-hybridized carbons (Fsp3) is 0.714. The fourth-order valence-corrected chi connectivity index (χ4v) is 1.94. The Bertz CT molecular complexity index is 362. The molecule has 0 radical (unpaired) electrons. The van der Waals surface area contributed by atoms with E-state index in [-0.39, 0.29) is 12.6 Å². The van der Waals surface area contributed by atoms with E-state index < -0.39 is 0 Å². The standard InChI is InChI=1S/C12H20N2O2S.C2H6/c1-9(2)11-7-10(13-17-11)8-16-12(15)5-6-14(3)4;1-2/h7,9H,5-6,8H2,1-4H3;1-2H3. The van der Waals surface area contributed by atoms with Crippen LogP contribution in [-0.4, -0.2) is 35.9 Å². The first-order valence-electron chi connectivity index (χ1n) is 6.75. The van der Waals surface area contributed by atoms with Gasteiger partial charge in [-0.1, -0.05) is 27.7 Å². The van der Waals surface area contributed by atoms with Crippen molar-refractivity contribution in [2.24, 2.45) is 0 Å². The van der Waals surface area contributed by atoms with Crippen molar-refractivity contribution in [3.63, 3.8) is 0 Å². The van der Waals surface area contributed by atoms with Crippen molar-refractivity contribution in [3.05, 3.63) is 16.6 Å². The summed E-state index contributed by atoms with van der Waals surface area (Å²) in [6, 6.07) is 2.01. The summed E-state index contributed by atoms with van der Waals surface area (Å²) in [7, 11) is 3.87. The van der Waals surface area contributed by atoms with Crippen LogP contribution in [0.5, 0.6) is 0 Å². The molecular formula is C14H26N2O2S. The smallest absolute Gasteiger partial charge is 0.307 e. The number of carbonyl (C=O) groups excluding carboxylic acids is 1. The van der Waals surface area contributed by atoms with Crippen molar-refractivity contribution in [2.75, 3.05) is 20.6 Å². The van der Waals surface area contributed by atoms with Gasteiger partial charge in [0.25, 0.3) is 0 Å². The van der Waals surface area contributed by atoms with Crippen LogP contribution >= 0.6 is 11.5 Å². The molecule has 0 bridgehead atoms. The lowest BCUT2D eigenvalue weighted by Gasteiger charge is -2.08. The Morgan fingerprint density at radius 3 is 2.53 bits per heavy atom.